The van der Waals surface area contributed by atoms with E-state index in [9.17, 15) is 18.0 Å². The molecule has 1 saturated heterocycles. The SMILES string of the molecule is CC1CN(CCC(F)(F)F)CC1C(=O)O. The molecule has 2 atom stereocenters. The van der Waals surface area contributed by atoms with Gasteiger partial charge in [-0.15, -0.1) is 0 Å². The number of halogens is 3. The Morgan fingerprint density at radius 2 is 2.07 bits per heavy atom. The molecule has 0 bridgehead atoms. The van der Waals surface area contributed by atoms with Crippen molar-refractivity contribution in [2.24, 2.45) is 11.8 Å². The number of rotatable bonds is 3. The summed E-state index contributed by atoms with van der Waals surface area (Å²) in [6.07, 6.45) is -5.03. The highest BCUT2D eigenvalue weighted by atomic mass is 19.4. The van der Waals surface area contributed by atoms with E-state index < -0.39 is 24.5 Å². The summed E-state index contributed by atoms with van der Waals surface area (Å²) in [6.45, 7) is 2.32. The van der Waals surface area contributed by atoms with Gasteiger partial charge in [0, 0.05) is 19.6 Å². The highest BCUT2D eigenvalue weighted by Gasteiger charge is 2.36. The summed E-state index contributed by atoms with van der Waals surface area (Å²) in [6, 6.07) is 0. The summed E-state index contributed by atoms with van der Waals surface area (Å²) in [5.74, 6) is -1.52. The fraction of sp³-hybridized carbons (Fsp3) is 0.889. The van der Waals surface area contributed by atoms with E-state index in [0.29, 0.717) is 6.54 Å². The Balaban J connectivity index is 2.39. The fourth-order valence-corrected chi connectivity index (χ4v) is 1.86. The van der Waals surface area contributed by atoms with Crippen LogP contribution in [0, 0.1) is 11.8 Å². The molecule has 2 unspecified atom stereocenters. The van der Waals surface area contributed by atoms with Gasteiger partial charge in [-0.25, -0.2) is 0 Å². The van der Waals surface area contributed by atoms with Crippen LogP contribution in [0.2, 0.25) is 0 Å². The largest absolute Gasteiger partial charge is 0.481 e. The van der Waals surface area contributed by atoms with Crippen molar-refractivity contribution in [3.05, 3.63) is 0 Å². The summed E-state index contributed by atoms with van der Waals surface area (Å²) in [5, 5.41) is 8.78. The number of carboxylic acids is 1. The minimum Gasteiger partial charge on any atom is -0.481 e. The first-order chi connectivity index (χ1) is 6.79. The Morgan fingerprint density at radius 1 is 1.47 bits per heavy atom. The molecule has 1 N–H and O–H groups in total. The molecular formula is C9H14F3NO2. The van der Waals surface area contributed by atoms with Crippen LogP contribution in [-0.4, -0.2) is 41.8 Å². The van der Waals surface area contributed by atoms with Gasteiger partial charge in [0.2, 0.25) is 0 Å². The number of nitrogens with zero attached hydrogens (tertiary/aromatic N) is 1. The van der Waals surface area contributed by atoms with E-state index in [1.54, 1.807) is 11.8 Å². The van der Waals surface area contributed by atoms with E-state index in [2.05, 4.69) is 0 Å². The molecule has 0 radical (unpaired) electrons. The van der Waals surface area contributed by atoms with E-state index in [4.69, 9.17) is 5.11 Å². The van der Waals surface area contributed by atoms with Crippen molar-refractivity contribution in [1.82, 2.24) is 4.90 Å². The third kappa shape index (κ3) is 3.70. The smallest absolute Gasteiger partial charge is 0.390 e. The van der Waals surface area contributed by atoms with Crippen molar-refractivity contribution in [2.45, 2.75) is 19.5 Å². The maximum atomic E-state index is 11.9. The first-order valence-electron chi connectivity index (χ1n) is 4.81. The third-order valence-electron chi connectivity index (χ3n) is 2.72. The van der Waals surface area contributed by atoms with Crippen LogP contribution in [0.4, 0.5) is 13.2 Å². The van der Waals surface area contributed by atoms with Crippen LogP contribution >= 0.6 is 0 Å². The van der Waals surface area contributed by atoms with Crippen molar-refractivity contribution in [3.8, 4) is 0 Å². The second-order valence-electron chi connectivity index (χ2n) is 4.05. The minimum absolute atomic E-state index is 0.0734. The molecule has 15 heavy (non-hydrogen) atoms. The van der Waals surface area contributed by atoms with Crippen LogP contribution in [0.25, 0.3) is 0 Å². The average Bonchev–Trinajstić information content (AvgIpc) is 2.42. The second kappa shape index (κ2) is 4.38. The van der Waals surface area contributed by atoms with Crippen molar-refractivity contribution >= 4 is 5.97 Å². The van der Waals surface area contributed by atoms with E-state index in [-0.39, 0.29) is 19.0 Å². The Morgan fingerprint density at radius 3 is 2.47 bits per heavy atom. The zero-order valence-electron chi connectivity index (χ0n) is 8.42. The van der Waals surface area contributed by atoms with Crippen LogP contribution in [0.15, 0.2) is 0 Å². The lowest BCUT2D eigenvalue weighted by Crippen LogP contribution is -2.27. The molecule has 0 amide bonds. The Bertz CT molecular complexity index is 242. The molecule has 0 spiro atoms. The molecule has 0 saturated carbocycles. The highest BCUT2D eigenvalue weighted by molar-refractivity contribution is 5.71. The highest BCUT2D eigenvalue weighted by Crippen LogP contribution is 2.26. The van der Waals surface area contributed by atoms with Gasteiger partial charge >= 0.3 is 12.1 Å². The van der Waals surface area contributed by atoms with Crippen molar-refractivity contribution in [1.29, 1.82) is 0 Å². The molecule has 1 rings (SSSR count). The van der Waals surface area contributed by atoms with Crippen LogP contribution in [-0.2, 0) is 4.79 Å². The predicted molar refractivity (Wildman–Crippen MR) is 47.4 cm³/mol. The first-order valence-corrected chi connectivity index (χ1v) is 4.81. The molecule has 1 aliphatic rings. The number of carboxylic acid groups (broad SMARTS) is 1. The van der Waals surface area contributed by atoms with E-state index in [1.165, 1.54) is 0 Å². The van der Waals surface area contributed by atoms with Crippen LogP contribution in [0.5, 0.6) is 0 Å². The van der Waals surface area contributed by atoms with Gasteiger partial charge in [-0.3, -0.25) is 4.79 Å². The van der Waals surface area contributed by atoms with E-state index in [1.807, 2.05) is 0 Å². The second-order valence-corrected chi connectivity index (χ2v) is 4.05. The quantitative estimate of drug-likeness (QED) is 0.793. The molecule has 1 heterocycles. The Labute approximate surface area is 85.9 Å². The normalized spacial score (nSPS) is 28.3. The zero-order chi connectivity index (χ0) is 11.6. The molecule has 1 aliphatic heterocycles. The molecular weight excluding hydrogens is 211 g/mol. The predicted octanol–water partition coefficient (Wildman–Crippen LogP) is 1.59. The fourth-order valence-electron chi connectivity index (χ4n) is 1.86. The standard InChI is InChI=1S/C9H14F3NO2/c1-6-4-13(3-2-9(10,11)12)5-7(6)8(14)15/h6-7H,2-5H2,1H3,(H,14,15). The van der Waals surface area contributed by atoms with E-state index >= 15 is 0 Å². The number of alkyl halides is 3. The number of carbonyl (C=O) groups is 1. The lowest BCUT2D eigenvalue weighted by atomic mass is 9.99. The van der Waals surface area contributed by atoms with Gasteiger partial charge in [0.1, 0.15) is 0 Å². The summed E-state index contributed by atoms with van der Waals surface area (Å²) >= 11 is 0. The van der Waals surface area contributed by atoms with Gasteiger partial charge in [0.25, 0.3) is 0 Å². The molecule has 0 aromatic rings. The van der Waals surface area contributed by atoms with Gasteiger partial charge in [-0.2, -0.15) is 13.2 Å². The number of hydrogen-bond donors (Lipinski definition) is 1. The first kappa shape index (κ1) is 12.3. The summed E-state index contributed by atoms with van der Waals surface area (Å²) in [4.78, 5) is 12.3. The van der Waals surface area contributed by atoms with E-state index in [0.717, 1.165) is 0 Å². The van der Waals surface area contributed by atoms with Gasteiger partial charge in [0.15, 0.2) is 0 Å². The summed E-state index contributed by atoms with van der Waals surface area (Å²) < 4.78 is 35.8. The maximum Gasteiger partial charge on any atom is 0.390 e. The molecule has 88 valence electrons. The monoisotopic (exact) mass is 225 g/mol. The number of hydrogen-bond acceptors (Lipinski definition) is 2. The lowest BCUT2D eigenvalue weighted by Gasteiger charge is -2.16. The van der Waals surface area contributed by atoms with Crippen LogP contribution in [0.1, 0.15) is 13.3 Å². The van der Waals surface area contributed by atoms with Gasteiger partial charge < -0.3 is 10.0 Å². The summed E-state index contributed by atoms with van der Waals surface area (Å²) in [7, 11) is 0. The molecule has 1 fully saturated rings. The summed E-state index contributed by atoms with van der Waals surface area (Å²) in [5.41, 5.74) is 0. The Hall–Kier alpha value is -0.780. The minimum atomic E-state index is -4.16. The van der Waals surface area contributed by atoms with Crippen molar-refractivity contribution in [3.63, 3.8) is 0 Å². The molecule has 3 nitrogen and oxygen atoms in total. The molecule has 0 aliphatic carbocycles. The molecule has 6 heteroatoms. The number of likely N-dealkylation sites (tertiary alicyclic amines) is 1. The maximum absolute atomic E-state index is 11.9. The third-order valence-corrected chi connectivity index (χ3v) is 2.72. The van der Waals surface area contributed by atoms with Gasteiger partial charge in [-0.05, 0) is 5.92 Å². The van der Waals surface area contributed by atoms with Crippen LogP contribution < -0.4 is 0 Å². The lowest BCUT2D eigenvalue weighted by molar-refractivity contribution is -0.142. The Kier molecular flexibility index (Phi) is 3.59. The average molecular weight is 225 g/mol. The van der Waals surface area contributed by atoms with Crippen molar-refractivity contribution < 1.29 is 23.1 Å². The zero-order valence-corrected chi connectivity index (χ0v) is 8.42. The number of aliphatic carboxylic acids is 1. The van der Waals surface area contributed by atoms with Crippen molar-refractivity contribution in [2.75, 3.05) is 19.6 Å². The topological polar surface area (TPSA) is 40.5 Å². The van der Waals surface area contributed by atoms with Gasteiger partial charge in [-0.1, -0.05) is 6.92 Å². The van der Waals surface area contributed by atoms with Crippen LogP contribution in [0.3, 0.4) is 0 Å². The molecule has 0 aromatic carbocycles. The van der Waals surface area contributed by atoms with Gasteiger partial charge in [0.05, 0.1) is 12.3 Å². The molecule has 0 aromatic heterocycles.